The van der Waals surface area contributed by atoms with Crippen LogP contribution in [0, 0.1) is 10.1 Å². The molecule has 0 saturated carbocycles. The number of non-ortho nitro benzene ring substituents is 1. The molecule has 0 unspecified atom stereocenters. The molecule has 0 fully saturated rings. The minimum absolute atomic E-state index is 0.0743. The number of nitro benzene ring substituents is 1. The molecule has 1 amide bonds. The second kappa shape index (κ2) is 4.99. The predicted octanol–water partition coefficient (Wildman–Crippen LogP) is 2.73. The first kappa shape index (κ1) is 14.1. The zero-order chi connectivity index (χ0) is 14.9. The summed E-state index contributed by atoms with van der Waals surface area (Å²) in [5, 5.41) is 10.7. The Labute approximate surface area is 116 Å². The van der Waals surface area contributed by atoms with Crippen LogP contribution in [0.1, 0.15) is 20.8 Å². The summed E-state index contributed by atoms with van der Waals surface area (Å²) in [5.74, 6) is 0.316. The molecule has 2 rings (SSSR count). The summed E-state index contributed by atoms with van der Waals surface area (Å²) in [6.07, 6.45) is -0.490. The van der Waals surface area contributed by atoms with Crippen LogP contribution in [0.2, 0.25) is 0 Å². The summed E-state index contributed by atoms with van der Waals surface area (Å²) < 4.78 is 10.7. The van der Waals surface area contributed by atoms with E-state index in [2.05, 4.69) is 0 Å². The molecule has 0 aromatic heterocycles. The number of anilines is 1. The van der Waals surface area contributed by atoms with Gasteiger partial charge < -0.3 is 9.47 Å². The number of rotatable bonds is 1. The van der Waals surface area contributed by atoms with Gasteiger partial charge in [-0.3, -0.25) is 15.0 Å². The van der Waals surface area contributed by atoms with Crippen LogP contribution in [-0.2, 0) is 4.74 Å². The van der Waals surface area contributed by atoms with Crippen molar-refractivity contribution in [2.24, 2.45) is 0 Å². The lowest BCUT2D eigenvalue weighted by Crippen LogP contribution is -2.41. The SMILES string of the molecule is CC(C)(C)OC(=O)N1CCOc2cc([N+](=O)[O-])ccc21. The Kier molecular flexibility index (Phi) is 3.52. The molecule has 7 nitrogen and oxygen atoms in total. The molecule has 1 aliphatic rings. The molecular formula is C13H16N2O5. The van der Waals surface area contributed by atoms with Crippen LogP contribution in [0.25, 0.3) is 0 Å². The number of carbonyl (C=O) groups is 1. The number of ether oxygens (including phenoxy) is 2. The van der Waals surface area contributed by atoms with Gasteiger partial charge in [0.1, 0.15) is 18.0 Å². The van der Waals surface area contributed by atoms with Gasteiger partial charge in [-0.15, -0.1) is 0 Å². The summed E-state index contributed by atoms with van der Waals surface area (Å²) in [6, 6.07) is 4.15. The van der Waals surface area contributed by atoms with E-state index in [9.17, 15) is 14.9 Å². The fourth-order valence-electron chi connectivity index (χ4n) is 1.83. The number of nitro groups is 1. The quantitative estimate of drug-likeness (QED) is 0.583. The van der Waals surface area contributed by atoms with Crippen molar-refractivity contribution in [3.05, 3.63) is 28.3 Å². The maximum absolute atomic E-state index is 12.1. The Morgan fingerprint density at radius 1 is 1.45 bits per heavy atom. The van der Waals surface area contributed by atoms with Crippen LogP contribution in [-0.4, -0.2) is 29.8 Å². The Morgan fingerprint density at radius 3 is 2.75 bits per heavy atom. The molecule has 0 spiro atoms. The zero-order valence-electron chi connectivity index (χ0n) is 11.6. The summed E-state index contributed by atoms with van der Waals surface area (Å²) in [4.78, 5) is 23.8. The van der Waals surface area contributed by atoms with Gasteiger partial charge in [-0.05, 0) is 26.8 Å². The number of carbonyl (C=O) groups excluding carboxylic acids is 1. The largest absolute Gasteiger partial charge is 0.489 e. The standard InChI is InChI=1S/C13H16N2O5/c1-13(2,3)20-12(16)14-6-7-19-11-8-9(15(17)18)4-5-10(11)14/h4-5,8H,6-7H2,1-3H3. The highest BCUT2D eigenvalue weighted by atomic mass is 16.6. The molecule has 0 bridgehead atoms. The molecule has 108 valence electrons. The predicted molar refractivity (Wildman–Crippen MR) is 72.2 cm³/mol. The maximum Gasteiger partial charge on any atom is 0.415 e. The number of fused-ring (bicyclic) bond motifs is 1. The second-order valence-electron chi connectivity index (χ2n) is 5.39. The van der Waals surface area contributed by atoms with Gasteiger partial charge in [0.05, 0.1) is 23.2 Å². The Hall–Kier alpha value is -2.31. The van der Waals surface area contributed by atoms with E-state index in [1.165, 1.54) is 23.1 Å². The van der Waals surface area contributed by atoms with Crippen LogP contribution in [0.15, 0.2) is 18.2 Å². The third kappa shape index (κ3) is 2.98. The van der Waals surface area contributed by atoms with Crippen molar-refractivity contribution in [1.29, 1.82) is 0 Å². The van der Waals surface area contributed by atoms with Gasteiger partial charge in [0, 0.05) is 6.07 Å². The van der Waals surface area contributed by atoms with Crippen molar-refractivity contribution < 1.29 is 19.2 Å². The van der Waals surface area contributed by atoms with E-state index in [1.54, 1.807) is 20.8 Å². The van der Waals surface area contributed by atoms with Crippen molar-refractivity contribution >= 4 is 17.5 Å². The zero-order valence-corrected chi connectivity index (χ0v) is 11.6. The number of hydrogen-bond acceptors (Lipinski definition) is 5. The molecule has 20 heavy (non-hydrogen) atoms. The van der Waals surface area contributed by atoms with Crippen LogP contribution >= 0.6 is 0 Å². The fourth-order valence-corrected chi connectivity index (χ4v) is 1.83. The molecule has 7 heteroatoms. The average Bonchev–Trinajstić information content (AvgIpc) is 2.35. The first-order valence-electron chi connectivity index (χ1n) is 6.20. The number of nitrogens with zero attached hydrogens (tertiary/aromatic N) is 2. The van der Waals surface area contributed by atoms with Crippen molar-refractivity contribution in [2.45, 2.75) is 26.4 Å². The van der Waals surface area contributed by atoms with E-state index in [-0.39, 0.29) is 12.3 Å². The lowest BCUT2D eigenvalue weighted by atomic mass is 10.2. The highest BCUT2D eigenvalue weighted by molar-refractivity contribution is 5.90. The molecule has 0 saturated heterocycles. The topological polar surface area (TPSA) is 81.9 Å². The number of amides is 1. The Bertz CT molecular complexity index is 550. The summed E-state index contributed by atoms with van der Waals surface area (Å²) >= 11 is 0. The van der Waals surface area contributed by atoms with E-state index >= 15 is 0 Å². The van der Waals surface area contributed by atoms with Crippen LogP contribution in [0.5, 0.6) is 5.75 Å². The average molecular weight is 280 g/mol. The highest BCUT2D eigenvalue weighted by Gasteiger charge is 2.29. The van der Waals surface area contributed by atoms with Gasteiger partial charge in [0.25, 0.3) is 5.69 Å². The van der Waals surface area contributed by atoms with E-state index in [1.807, 2.05) is 0 Å². The molecule has 1 heterocycles. The van der Waals surface area contributed by atoms with Crippen molar-refractivity contribution in [2.75, 3.05) is 18.1 Å². The maximum atomic E-state index is 12.1. The van der Waals surface area contributed by atoms with Gasteiger partial charge in [0.2, 0.25) is 0 Å². The Morgan fingerprint density at radius 2 is 2.15 bits per heavy atom. The molecule has 1 aromatic rings. The fraction of sp³-hybridized carbons (Fsp3) is 0.462. The molecule has 0 radical (unpaired) electrons. The molecule has 0 aliphatic carbocycles. The molecule has 0 atom stereocenters. The van der Waals surface area contributed by atoms with Gasteiger partial charge in [0.15, 0.2) is 0 Å². The van der Waals surface area contributed by atoms with Crippen molar-refractivity contribution in [3.8, 4) is 5.75 Å². The molecule has 0 N–H and O–H groups in total. The summed E-state index contributed by atoms with van der Waals surface area (Å²) in [6.45, 7) is 5.96. The Balaban J connectivity index is 2.29. The number of hydrogen-bond donors (Lipinski definition) is 0. The first-order chi connectivity index (χ1) is 9.28. The smallest absolute Gasteiger partial charge is 0.415 e. The van der Waals surface area contributed by atoms with Crippen LogP contribution in [0.3, 0.4) is 0 Å². The molecule has 1 aliphatic heterocycles. The van der Waals surface area contributed by atoms with E-state index in [0.29, 0.717) is 18.0 Å². The van der Waals surface area contributed by atoms with Gasteiger partial charge in [-0.1, -0.05) is 0 Å². The first-order valence-corrected chi connectivity index (χ1v) is 6.20. The van der Waals surface area contributed by atoms with Crippen molar-refractivity contribution in [3.63, 3.8) is 0 Å². The van der Waals surface area contributed by atoms with Crippen molar-refractivity contribution in [1.82, 2.24) is 0 Å². The minimum Gasteiger partial charge on any atom is -0.489 e. The third-order valence-corrected chi connectivity index (χ3v) is 2.63. The van der Waals surface area contributed by atoms with E-state index in [0.717, 1.165) is 0 Å². The monoisotopic (exact) mass is 280 g/mol. The minimum atomic E-state index is -0.601. The lowest BCUT2D eigenvalue weighted by Gasteiger charge is -2.31. The van der Waals surface area contributed by atoms with Crippen LogP contribution < -0.4 is 9.64 Å². The lowest BCUT2D eigenvalue weighted by molar-refractivity contribution is -0.384. The number of benzene rings is 1. The third-order valence-electron chi connectivity index (χ3n) is 2.63. The normalized spacial score (nSPS) is 14.2. The summed E-state index contributed by atoms with van der Waals surface area (Å²) in [5.41, 5.74) is -0.193. The molecule has 1 aromatic carbocycles. The second-order valence-corrected chi connectivity index (χ2v) is 5.39. The van der Waals surface area contributed by atoms with Gasteiger partial charge >= 0.3 is 6.09 Å². The van der Waals surface area contributed by atoms with Crippen LogP contribution in [0.4, 0.5) is 16.2 Å². The van der Waals surface area contributed by atoms with Gasteiger partial charge in [-0.25, -0.2) is 4.79 Å². The van der Waals surface area contributed by atoms with E-state index < -0.39 is 16.6 Å². The molecular weight excluding hydrogens is 264 g/mol. The van der Waals surface area contributed by atoms with Gasteiger partial charge in [-0.2, -0.15) is 0 Å². The van der Waals surface area contributed by atoms with E-state index in [4.69, 9.17) is 9.47 Å². The highest BCUT2D eigenvalue weighted by Crippen LogP contribution is 2.35. The summed E-state index contributed by atoms with van der Waals surface area (Å²) in [7, 11) is 0.